The average Bonchev–Trinajstić information content (AvgIpc) is 2.87. The highest BCUT2D eigenvalue weighted by Crippen LogP contribution is 2.27. The van der Waals surface area contributed by atoms with E-state index in [2.05, 4.69) is 67.5 Å². The van der Waals surface area contributed by atoms with Gasteiger partial charge in [-0.15, -0.1) is 0 Å². The molecular weight excluding hydrogens is 366 g/mol. The zero-order chi connectivity index (χ0) is 13.2. The summed E-state index contributed by atoms with van der Waals surface area (Å²) in [6, 6.07) is 13.1. The third kappa shape index (κ3) is 3.03. The molecule has 19 heavy (non-hydrogen) atoms. The van der Waals surface area contributed by atoms with Gasteiger partial charge in [0.2, 0.25) is 0 Å². The fourth-order valence-electron chi connectivity index (χ4n) is 2.57. The molecule has 2 aromatic rings. The SMILES string of the molecule is Brc1ccc(Br)c(NCc2ccc3c(c2)CCC3)c1. The van der Waals surface area contributed by atoms with Gasteiger partial charge >= 0.3 is 0 Å². The van der Waals surface area contributed by atoms with E-state index in [-0.39, 0.29) is 0 Å². The van der Waals surface area contributed by atoms with Gasteiger partial charge in [-0.2, -0.15) is 0 Å². The first-order valence-corrected chi connectivity index (χ1v) is 8.10. The average molecular weight is 381 g/mol. The van der Waals surface area contributed by atoms with Gasteiger partial charge in [-0.25, -0.2) is 0 Å². The minimum atomic E-state index is 0.863. The molecule has 1 nitrogen and oxygen atoms in total. The van der Waals surface area contributed by atoms with Crippen LogP contribution < -0.4 is 5.32 Å². The molecular formula is C16H15Br2N. The standard InChI is InChI=1S/C16H15Br2N/c17-14-6-7-15(18)16(9-14)19-10-11-4-5-12-2-1-3-13(12)8-11/h4-9,19H,1-3,10H2. The van der Waals surface area contributed by atoms with Gasteiger partial charge in [0.15, 0.2) is 0 Å². The number of hydrogen-bond acceptors (Lipinski definition) is 1. The van der Waals surface area contributed by atoms with E-state index in [9.17, 15) is 0 Å². The molecule has 0 unspecified atom stereocenters. The van der Waals surface area contributed by atoms with Gasteiger partial charge in [0.25, 0.3) is 0 Å². The molecule has 0 saturated carbocycles. The van der Waals surface area contributed by atoms with Crippen LogP contribution in [0.5, 0.6) is 0 Å². The van der Waals surface area contributed by atoms with Crippen LogP contribution in [0.2, 0.25) is 0 Å². The molecule has 0 atom stereocenters. The van der Waals surface area contributed by atoms with Crippen LogP contribution in [0.1, 0.15) is 23.1 Å². The van der Waals surface area contributed by atoms with Gasteiger partial charge < -0.3 is 5.32 Å². The molecule has 98 valence electrons. The van der Waals surface area contributed by atoms with Crippen LogP contribution in [0.15, 0.2) is 45.3 Å². The summed E-state index contributed by atoms with van der Waals surface area (Å²) in [5, 5.41) is 3.48. The number of anilines is 1. The third-order valence-electron chi connectivity index (χ3n) is 3.57. The van der Waals surface area contributed by atoms with Crippen molar-refractivity contribution >= 4 is 37.5 Å². The lowest BCUT2D eigenvalue weighted by Crippen LogP contribution is -2.01. The number of benzene rings is 2. The van der Waals surface area contributed by atoms with Gasteiger partial charge in [-0.1, -0.05) is 34.1 Å². The van der Waals surface area contributed by atoms with Crippen LogP contribution >= 0.6 is 31.9 Å². The lowest BCUT2D eigenvalue weighted by molar-refractivity contribution is 0.911. The summed E-state index contributed by atoms with van der Waals surface area (Å²) in [7, 11) is 0. The van der Waals surface area contributed by atoms with Gasteiger partial charge in [-0.3, -0.25) is 0 Å². The quantitative estimate of drug-likeness (QED) is 0.760. The summed E-state index contributed by atoms with van der Waals surface area (Å²) in [6.07, 6.45) is 3.80. The van der Waals surface area contributed by atoms with Crippen LogP contribution in [0, 0.1) is 0 Å². The van der Waals surface area contributed by atoms with Crippen LogP contribution in [-0.4, -0.2) is 0 Å². The lowest BCUT2D eigenvalue weighted by Gasteiger charge is -2.10. The van der Waals surface area contributed by atoms with Gasteiger partial charge in [-0.05, 0) is 70.1 Å². The summed E-state index contributed by atoms with van der Waals surface area (Å²) in [5.74, 6) is 0. The molecule has 1 aliphatic rings. The number of fused-ring (bicyclic) bond motifs is 1. The first kappa shape index (κ1) is 13.2. The molecule has 0 heterocycles. The zero-order valence-corrected chi connectivity index (χ0v) is 13.7. The van der Waals surface area contributed by atoms with Crippen LogP contribution in [0.25, 0.3) is 0 Å². The summed E-state index contributed by atoms with van der Waals surface area (Å²) < 4.78 is 2.18. The van der Waals surface area contributed by atoms with Gasteiger partial charge in [0.1, 0.15) is 0 Å². The Balaban J connectivity index is 1.74. The molecule has 0 fully saturated rings. The van der Waals surface area contributed by atoms with E-state index >= 15 is 0 Å². The van der Waals surface area contributed by atoms with Crippen molar-refractivity contribution < 1.29 is 0 Å². The minimum Gasteiger partial charge on any atom is -0.380 e. The normalized spacial score (nSPS) is 13.4. The molecule has 0 bridgehead atoms. The van der Waals surface area contributed by atoms with E-state index in [1.807, 2.05) is 6.07 Å². The number of hydrogen-bond donors (Lipinski definition) is 1. The highest BCUT2D eigenvalue weighted by atomic mass is 79.9. The maximum absolute atomic E-state index is 3.57. The second-order valence-electron chi connectivity index (χ2n) is 4.93. The number of nitrogens with one attached hydrogen (secondary N) is 1. The van der Waals surface area contributed by atoms with Crippen molar-refractivity contribution in [3.8, 4) is 0 Å². The van der Waals surface area contributed by atoms with Crippen molar-refractivity contribution in [2.75, 3.05) is 5.32 Å². The molecule has 0 aliphatic heterocycles. The minimum absolute atomic E-state index is 0.863. The summed E-state index contributed by atoms with van der Waals surface area (Å²) in [6.45, 7) is 0.863. The van der Waals surface area contributed by atoms with Gasteiger partial charge in [0.05, 0.1) is 0 Å². The van der Waals surface area contributed by atoms with E-state index in [0.717, 1.165) is 21.2 Å². The predicted molar refractivity (Wildman–Crippen MR) is 87.6 cm³/mol. The smallest absolute Gasteiger partial charge is 0.0498 e. The highest BCUT2D eigenvalue weighted by Gasteiger charge is 2.10. The Morgan fingerprint density at radius 3 is 2.68 bits per heavy atom. The van der Waals surface area contributed by atoms with E-state index in [1.165, 1.54) is 36.0 Å². The van der Waals surface area contributed by atoms with Crippen molar-refractivity contribution in [2.45, 2.75) is 25.8 Å². The number of aryl methyl sites for hydroxylation is 2. The van der Waals surface area contributed by atoms with E-state index in [0.29, 0.717) is 0 Å². The Bertz CT molecular complexity index is 608. The molecule has 0 spiro atoms. The maximum atomic E-state index is 3.57. The Morgan fingerprint density at radius 1 is 0.947 bits per heavy atom. The maximum Gasteiger partial charge on any atom is 0.0498 e. The lowest BCUT2D eigenvalue weighted by atomic mass is 10.1. The molecule has 0 saturated heterocycles. The molecule has 0 amide bonds. The summed E-state index contributed by atoms with van der Waals surface area (Å²) >= 11 is 7.07. The third-order valence-corrected chi connectivity index (χ3v) is 4.76. The fourth-order valence-corrected chi connectivity index (χ4v) is 3.31. The summed E-state index contributed by atoms with van der Waals surface area (Å²) in [5.41, 5.74) is 5.54. The molecule has 3 rings (SSSR count). The first-order valence-electron chi connectivity index (χ1n) is 6.52. The van der Waals surface area contributed by atoms with Crippen LogP contribution in [-0.2, 0) is 19.4 Å². The topological polar surface area (TPSA) is 12.0 Å². The molecule has 0 radical (unpaired) electrons. The fraction of sp³-hybridized carbons (Fsp3) is 0.250. The first-order chi connectivity index (χ1) is 9.22. The Labute approximate surface area is 130 Å². The predicted octanol–water partition coefficient (Wildman–Crippen LogP) is 5.31. The Hall–Kier alpha value is -0.800. The van der Waals surface area contributed by atoms with Crippen molar-refractivity contribution in [3.05, 3.63) is 62.0 Å². The summed E-state index contributed by atoms with van der Waals surface area (Å²) in [4.78, 5) is 0. The molecule has 0 aromatic heterocycles. The van der Waals surface area contributed by atoms with Crippen LogP contribution in [0.3, 0.4) is 0 Å². The van der Waals surface area contributed by atoms with E-state index in [4.69, 9.17) is 0 Å². The largest absolute Gasteiger partial charge is 0.380 e. The van der Waals surface area contributed by atoms with Crippen molar-refractivity contribution in [2.24, 2.45) is 0 Å². The molecule has 1 aliphatic carbocycles. The second kappa shape index (κ2) is 5.68. The zero-order valence-electron chi connectivity index (χ0n) is 10.5. The Morgan fingerprint density at radius 2 is 1.79 bits per heavy atom. The second-order valence-corrected chi connectivity index (χ2v) is 6.70. The number of halogens is 2. The van der Waals surface area contributed by atoms with Crippen molar-refractivity contribution in [1.82, 2.24) is 0 Å². The monoisotopic (exact) mass is 379 g/mol. The number of rotatable bonds is 3. The Kier molecular flexibility index (Phi) is 3.94. The van der Waals surface area contributed by atoms with E-state index < -0.39 is 0 Å². The van der Waals surface area contributed by atoms with Crippen LogP contribution in [0.4, 0.5) is 5.69 Å². The van der Waals surface area contributed by atoms with Crippen molar-refractivity contribution in [3.63, 3.8) is 0 Å². The molecule has 2 aromatic carbocycles. The molecule has 3 heteroatoms. The van der Waals surface area contributed by atoms with Crippen molar-refractivity contribution in [1.29, 1.82) is 0 Å². The molecule has 1 N–H and O–H groups in total. The van der Waals surface area contributed by atoms with E-state index in [1.54, 1.807) is 0 Å². The highest BCUT2D eigenvalue weighted by molar-refractivity contribution is 9.11. The van der Waals surface area contributed by atoms with Gasteiger partial charge in [0, 0.05) is 21.2 Å².